The van der Waals surface area contributed by atoms with Gasteiger partial charge in [0.1, 0.15) is 0 Å². The molecule has 0 fully saturated rings. The molecule has 0 amide bonds. The van der Waals surface area contributed by atoms with E-state index < -0.39 is 5.97 Å². The number of aryl methyl sites for hydroxylation is 1. The fourth-order valence-corrected chi connectivity index (χ4v) is 1.79. The van der Waals surface area contributed by atoms with Gasteiger partial charge in [-0.15, -0.1) is 0 Å². The van der Waals surface area contributed by atoms with Crippen molar-refractivity contribution in [1.82, 2.24) is 9.55 Å². The number of rotatable bonds is 5. The molecular weight excluding hydrogens is 256 g/mol. The summed E-state index contributed by atoms with van der Waals surface area (Å²) in [6.45, 7) is 0. The lowest BCUT2D eigenvalue weighted by atomic mass is 10.1. The number of carbonyl (C=O) groups is 1. The summed E-state index contributed by atoms with van der Waals surface area (Å²) in [5.41, 5.74) is 0.955. The van der Waals surface area contributed by atoms with Crippen LogP contribution in [0.25, 0.3) is 0 Å². The van der Waals surface area contributed by atoms with E-state index in [0.29, 0.717) is 0 Å². The molecule has 0 radical (unpaired) electrons. The van der Waals surface area contributed by atoms with Crippen molar-refractivity contribution in [3.63, 3.8) is 0 Å². The second-order valence-corrected chi connectivity index (χ2v) is 4.15. The molecule has 0 aliphatic carbocycles. The Hall–Kier alpha value is -2.56. The molecular formula is C15H16N2O3. The number of hydrogen-bond acceptors (Lipinski definition) is 4. The van der Waals surface area contributed by atoms with Crippen LogP contribution in [0.3, 0.4) is 0 Å². The van der Waals surface area contributed by atoms with Gasteiger partial charge >= 0.3 is 5.97 Å². The molecule has 0 spiro atoms. The Morgan fingerprint density at radius 1 is 1.35 bits per heavy atom. The highest BCUT2D eigenvalue weighted by Crippen LogP contribution is 2.24. The topological polar surface area (TPSA) is 53.4 Å². The minimum absolute atomic E-state index is 0.378. The zero-order valence-corrected chi connectivity index (χ0v) is 11.4. The highest BCUT2D eigenvalue weighted by Gasteiger charge is 2.18. The molecule has 5 nitrogen and oxygen atoms in total. The summed E-state index contributed by atoms with van der Waals surface area (Å²) in [6, 6.07) is 9.69. The van der Waals surface area contributed by atoms with E-state index in [9.17, 15) is 4.79 Å². The third-order valence-corrected chi connectivity index (χ3v) is 2.82. The van der Waals surface area contributed by atoms with Gasteiger partial charge in [0.15, 0.2) is 11.9 Å². The predicted octanol–water partition coefficient (Wildman–Crippen LogP) is 2.21. The van der Waals surface area contributed by atoms with Crippen LogP contribution in [0.2, 0.25) is 0 Å². The molecule has 20 heavy (non-hydrogen) atoms. The molecule has 2 rings (SSSR count). The van der Waals surface area contributed by atoms with Gasteiger partial charge in [0, 0.05) is 19.4 Å². The number of benzene rings is 1. The van der Waals surface area contributed by atoms with Crippen LogP contribution in [-0.4, -0.2) is 22.6 Å². The van der Waals surface area contributed by atoms with Crippen LogP contribution < -0.4 is 0 Å². The zero-order chi connectivity index (χ0) is 14.4. The van der Waals surface area contributed by atoms with Crippen molar-refractivity contribution in [2.24, 2.45) is 7.05 Å². The standard InChI is InChI=1S/C15H16N2O3/c1-17-10-9-16-15(17)14(12-6-4-3-5-7-12)20-11-8-13(18)19-2/h3-11,14H,1-2H3/b11-8-. The normalized spacial score (nSPS) is 12.3. The van der Waals surface area contributed by atoms with E-state index >= 15 is 0 Å². The van der Waals surface area contributed by atoms with Crippen molar-refractivity contribution in [3.05, 3.63) is 66.5 Å². The van der Waals surface area contributed by atoms with Crippen LogP contribution in [0.1, 0.15) is 17.5 Å². The number of imidazole rings is 1. The molecule has 5 heteroatoms. The van der Waals surface area contributed by atoms with Crippen LogP contribution in [0.4, 0.5) is 0 Å². The predicted molar refractivity (Wildman–Crippen MR) is 73.7 cm³/mol. The van der Waals surface area contributed by atoms with Gasteiger partial charge < -0.3 is 14.0 Å². The average Bonchev–Trinajstić information content (AvgIpc) is 2.90. The first kappa shape index (κ1) is 13.9. The molecule has 1 unspecified atom stereocenters. The number of nitrogens with zero attached hydrogens (tertiary/aromatic N) is 2. The van der Waals surface area contributed by atoms with Crippen molar-refractivity contribution in [1.29, 1.82) is 0 Å². The van der Waals surface area contributed by atoms with E-state index in [1.165, 1.54) is 19.4 Å². The average molecular weight is 272 g/mol. The molecule has 2 aromatic rings. The number of aromatic nitrogens is 2. The number of esters is 1. The fourth-order valence-electron chi connectivity index (χ4n) is 1.79. The number of carbonyl (C=O) groups excluding carboxylic acids is 1. The molecule has 1 aromatic carbocycles. The van der Waals surface area contributed by atoms with Crippen molar-refractivity contribution in [2.75, 3.05) is 7.11 Å². The zero-order valence-electron chi connectivity index (χ0n) is 11.4. The molecule has 1 heterocycles. The van der Waals surface area contributed by atoms with Crippen molar-refractivity contribution < 1.29 is 14.3 Å². The Labute approximate surface area is 117 Å². The summed E-state index contributed by atoms with van der Waals surface area (Å²) >= 11 is 0. The third kappa shape index (κ3) is 3.26. The quantitative estimate of drug-likeness (QED) is 0.476. The van der Waals surface area contributed by atoms with Gasteiger partial charge in [0.2, 0.25) is 0 Å². The van der Waals surface area contributed by atoms with Gasteiger partial charge in [-0.1, -0.05) is 30.3 Å². The lowest BCUT2D eigenvalue weighted by Crippen LogP contribution is -2.09. The van der Waals surface area contributed by atoms with E-state index in [1.807, 2.05) is 48.1 Å². The minimum atomic E-state index is -0.461. The van der Waals surface area contributed by atoms with Gasteiger partial charge in [-0.3, -0.25) is 0 Å². The fraction of sp³-hybridized carbons (Fsp3) is 0.200. The molecule has 104 valence electrons. The van der Waals surface area contributed by atoms with Crippen molar-refractivity contribution in [2.45, 2.75) is 6.10 Å². The second kappa shape index (κ2) is 6.56. The smallest absolute Gasteiger partial charge is 0.333 e. The summed E-state index contributed by atoms with van der Waals surface area (Å²) in [4.78, 5) is 15.4. The van der Waals surface area contributed by atoms with E-state index in [-0.39, 0.29) is 6.10 Å². The van der Waals surface area contributed by atoms with Gasteiger partial charge in [0.25, 0.3) is 0 Å². The lowest BCUT2D eigenvalue weighted by molar-refractivity contribution is -0.135. The maximum absolute atomic E-state index is 11.1. The Morgan fingerprint density at radius 3 is 2.70 bits per heavy atom. The van der Waals surface area contributed by atoms with E-state index in [4.69, 9.17) is 4.74 Å². The van der Waals surface area contributed by atoms with Gasteiger partial charge in [-0.05, 0) is 5.56 Å². The summed E-state index contributed by atoms with van der Waals surface area (Å²) in [7, 11) is 3.21. The van der Waals surface area contributed by atoms with Crippen molar-refractivity contribution in [3.8, 4) is 0 Å². The van der Waals surface area contributed by atoms with Crippen LogP contribution in [-0.2, 0) is 21.3 Å². The Morgan fingerprint density at radius 2 is 2.10 bits per heavy atom. The summed E-state index contributed by atoms with van der Waals surface area (Å²) in [5.74, 6) is 0.294. The second-order valence-electron chi connectivity index (χ2n) is 4.15. The molecule has 0 saturated heterocycles. The molecule has 0 aliphatic rings. The summed E-state index contributed by atoms with van der Waals surface area (Å²) in [6.07, 6.45) is 5.74. The van der Waals surface area contributed by atoms with E-state index in [1.54, 1.807) is 6.20 Å². The van der Waals surface area contributed by atoms with Crippen LogP contribution in [0.5, 0.6) is 0 Å². The number of ether oxygens (including phenoxy) is 2. The first-order valence-electron chi connectivity index (χ1n) is 6.14. The van der Waals surface area contributed by atoms with E-state index in [2.05, 4.69) is 9.72 Å². The molecule has 0 saturated carbocycles. The summed E-state index contributed by atoms with van der Waals surface area (Å²) in [5, 5.41) is 0. The first-order valence-corrected chi connectivity index (χ1v) is 6.14. The van der Waals surface area contributed by atoms with Crippen LogP contribution >= 0.6 is 0 Å². The SMILES string of the molecule is COC(=O)/C=C\OC(c1ccccc1)c1nccn1C. The van der Waals surface area contributed by atoms with Crippen LogP contribution in [0, 0.1) is 0 Å². The monoisotopic (exact) mass is 272 g/mol. The van der Waals surface area contributed by atoms with Crippen molar-refractivity contribution >= 4 is 5.97 Å². The minimum Gasteiger partial charge on any atom is -0.485 e. The maximum Gasteiger partial charge on any atom is 0.333 e. The third-order valence-electron chi connectivity index (χ3n) is 2.82. The number of methoxy groups -OCH3 is 1. The highest BCUT2D eigenvalue weighted by molar-refractivity contribution is 5.81. The van der Waals surface area contributed by atoms with Gasteiger partial charge in [-0.25, -0.2) is 9.78 Å². The highest BCUT2D eigenvalue weighted by atomic mass is 16.5. The Bertz CT molecular complexity index is 590. The Balaban J connectivity index is 2.24. The molecule has 0 bridgehead atoms. The molecule has 1 aromatic heterocycles. The van der Waals surface area contributed by atoms with E-state index in [0.717, 1.165) is 11.4 Å². The van der Waals surface area contributed by atoms with Gasteiger partial charge in [-0.2, -0.15) is 0 Å². The largest absolute Gasteiger partial charge is 0.485 e. The molecule has 0 N–H and O–H groups in total. The molecule has 0 aliphatic heterocycles. The lowest BCUT2D eigenvalue weighted by Gasteiger charge is -2.16. The Kier molecular flexibility index (Phi) is 4.55. The van der Waals surface area contributed by atoms with Crippen LogP contribution in [0.15, 0.2) is 55.1 Å². The first-order chi connectivity index (χ1) is 9.72. The molecule has 1 atom stereocenters. The summed E-state index contributed by atoms with van der Waals surface area (Å²) < 4.78 is 12.1. The maximum atomic E-state index is 11.1. The van der Waals surface area contributed by atoms with Gasteiger partial charge in [0.05, 0.1) is 19.4 Å². The number of hydrogen-bond donors (Lipinski definition) is 0.